The van der Waals surface area contributed by atoms with Gasteiger partial charge in [-0.2, -0.15) is 0 Å². The number of halogens is 1. The summed E-state index contributed by atoms with van der Waals surface area (Å²) < 4.78 is 16.1. The summed E-state index contributed by atoms with van der Waals surface area (Å²) >= 11 is 1.85. The van der Waals surface area contributed by atoms with Gasteiger partial charge in [0, 0.05) is 27.4 Å². The number of nitrogens with zero attached hydrogens (tertiary/aromatic N) is 1. The standard InChI is InChI=1S/C20H27BrN2O3S/c1-18(2,3)12-20(17(24)25,23-27(26)19(4,5)6)14-7-8-16-13(9-14)10-15(21)11-22-16/h7-11,23H,12H2,1-6H3,(H,24,25)/t20?,27-/m0/s1. The maximum Gasteiger partial charge on any atom is 0.333 e. The van der Waals surface area contributed by atoms with Crippen LogP contribution >= 0.6 is 15.9 Å². The van der Waals surface area contributed by atoms with Crippen LogP contribution in [0.1, 0.15) is 53.5 Å². The Morgan fingerprint density at radius 3 is 2.37 bits per heavy atom. The van der Waals surface area contributed by atoms with Crippen molar-refractivity contribution in [2.45, 2.75) is 58.2 Å². The second-order valence-corrected chi connectivity index (χ2v) is 11.9. The predicted molar refractivity (Wildman–Crippen MR) is 114 cm³/mol. The van der Waals surface area contributed by atoms with Gasteiger partial charge in [0.15, 0.2) is 5.54 Å². The second-order valence-electron chi connectivity index (χ2n) is 8.99. The minimum atomic E-state index is -1.56. The molecule has 1 aromatic carbocycles. The molecule has 0 radical (unpaired) electrons. The molecule has 0 fully saturated rings. The lowest BCUT2D eigenvalue weighted by atomic mass is 9.76. The molecule has 5 nitrogen and oxygen atoms in total. The number of fused-ring (bicyclic) bond motifs is 1. The van der Waals surface area contributed by atoms with Crippen LogP contribution in [0.4, 0.5) is 0 Å². The third kappa shape index (κ3) is 5.22. The van der Waals surface area contributed by atoms with Crippen LogP contribution in [-0.4, -0.2) is 25.4 Å². The average Bonchev–Trinajstić information content (AvgIpc) is 2.50. The maximum absolute atomic E-state index is 12.9. The number of hydrogen-bond acceptors (Lipinski definition) is 4. The lowest BCUT2D eigenvalue weighted by molar-refractivity contribution is -0.146. The zero-order valence-electron chi connectivity index (χ0n) is 16.6. The van der Waals surface area contributed by atoms with Gasteiger partial charge in [-0.25, -0.2) is 4.79 Å². The number of carbonyl (C=O) groups is 1. The molecule has 0 spiro atoms. The molecule has 0 aliphatic rings. The summed E-state index contributed by atoms with van der Waals surface area (Å²) in [6.45, 7) is 11.4. The zero-order chi connectivity index (χ0) is 20.6. The first-order chi connectivity index (χ1) is 12.2. The van der Waals surface area contributed by atoms with Crippen molar-refractivity contribution in [3.05, 3.63) is 40.5 Å². The quantitative estimate of drug-likeness (QED) is 0.635. The van der Waals surface area contributed by atoms with Gasteiger partial charge in [0.25, 0.3) is 0 Å². The van der Waals surface area contributed by atoms with Crippen LogP contribution in [0.3, 0.4) is 0 Å². The van der Waals surface area contributed by atoms with Gasteiger partial charge in [-0.05, 0) is 72.3 Å². The van der Waals surface area contributed by atoms with Crippen molar-refractivity contribution in [3.8, 4) is 0 Å². The smallest absolute Gasteiger partial charge is 0.333 e. The second kappa shape index (κ2) is 7.70. The molecule has 0 saturated heterocycles. The number of aliphatic carboxylic acids is 1. The van der Waals surface area contributed by atoms with Gasteiger partial charge < -0.3 is 9.66 Å². The summed E-state index contributed by atoms with van der Waals surface area (Å²) in [6, 6.07) is 7.28. The molecular weight excluding hydrogens is 428 g/mol. The highest BCUT2D eigenvalue weighted by Crippen LogP contribution is 2.38. The van der Waals surface area contributed by atoms with Crippen LogP contribution in [0.15, 0.2) is 34.9 Å². The molecule has 148 valence electrons. The molecule has 27 heavy (non-hydrogen) atoms. The fourth-order valence-corrected chi connectivity index (χ4v) is 4.17. The molecular formula is C20H27BrN2O3S. The van der Waals surface area contributed by atoms with Gasteiger partial charge in [-0.3, -0.25) is 4.98 Å². The van der Waals surface area contributed by atoms with E-state index in [-0.39, 0.29) is 11.8 Å². The Balaban J connectivity index is 2.68. The zero-order valence-corrected chi connectivity index (χ0v) is 19.0. The first-order valence-corrected chi connectivity index (χ1v) is 10.7. The van der Waals surface area contributed by atoms with E-state index in [0.29, 0.717) is 5.56 Å². The van der Waals surface area contributed by atoms with E-state index in [1.807, 2.05) is 53.7 Å². The monoisotopic (exact) mass is 454 g/mol. The maximum atomic E-state index is 12.9. The van der Waals surface area contributed by atoms with Crippen LogP contribution in [0, 0.1) is 5.41 Å². The number of carboxylic acids is 1. The summed E-state index contributed by atoms with van der Waals surface area (Å²) in [7, 11) is 0. The van der Waals surface area contributed by atoms with Gasteiger partial charge >= 0.3 is 5.97 Å². The largest absolute Gasteiger partial charge is 0.598 e. The van der Waals surface area contributed by atoms with E-state index in [2.05, 4.69) is 25.6 Å². The first-order valence-electron chi connectivity index (χ1n) is 8.73. The Morgan fingerprint density at radius 1 is 1.22 bits per heavy atom. The Morgan fingerprint density at radius 2 is 1.85 bits per heavy atom. The first kappa shape index (κ1) is 22.1. The van der Waals surface area contributed by atoms with Crippen LogP contribution in [0.2, 0.25) is 0 Å². The number of aromatic nitrogens is 1. The van der Waals surface area contributed by atoms with E-state index in [0.717, 1.165) is 15.4 Å². The number of rotatable bonds is 5. The van der Waals surface area contributed by atoms with Crippen molar-refractivity contribution >= 4 is 44.2 Å². The fraction of sp³-hybridized carbons (Fsp3) is 0.500. The normalized spacial score (nSPS) is 16.1. The third-order valence-electron chi connectivity index (χ3n) is 4.12. The van der Waals surface area contributed by atoms with Gasteiger partial charge in [0.05, 0.1) is 5.52 Å². The lowest BCUT2D eigenvalue weighted by Gasteiger charge is -2.38. The molecule has 2 aromatic rings. The third-order valence-corrected chi connectivity index (χ3v) is 6.20. The lowest BCUT2D eigenvalue weighted by Crippen LogP contribution is -2.57. The van der Waals surface area contributed by atoms with Crippen LogP contribution in [0.5, 0.6) is 0 Å². The average molecular weight is 455 g/mol. The van der Waals surface area contributed by atoms with E-state index in [1.54, 1.807) is 18.3 Å². The van der Waals surface area contributed by atoms with Crippen molar-refractivity contribution in [1.29, 1.82) is 0 Å². The number of hydrogen-bond donors (Lipinski definition) is 2. The molecule has 7 heteroatoms. The van der Waals surface area contributed by atoms with E-state index in [4.69, 9.17) is 0 Å². The summed E-state index contributed by atoms with van der Waals surface area (Å²) in [5.74, 6) is -1.04. The number of carboxylic acid groups (broad SMARTS) is 1. The minimum Gasteiger partial charge on any atom is -0.598 e. The molecule has 2 atom stereocenters. The minimum absolute atomic E-state index is 0.282. The molecule has 0 bridgehead atoms. The molecule has 2 N–H and O–H groups in total. The van der Waals surface area contributed by atoms with E-state index in [1.165, 1.54) is 0 Å². The molecule has 0 aliphatic carbocycles. The highest BCUT2D eigenvalue weighted by Gasteiger charge is 2.49. The summed E-state index contributed by atoms with van der Waals surface area (Å²) in [5, 5.41) is 11.1. The Bertz CT molecular complexity index is 845. The summed E-state index contributed by atoms with van der Waals surface area (Å²) in [4.78, 5) is 16.9. The van der Waals surface area contributed by atoms with E-state index in [9.17, 15) is 14.5 Å². The van der Waals surface area contributed by atoms with Gasteiger partial charge in [0.2, 0.25) is 0 Å². The SMILES string of the molecule is CC(C)(C)CC(N[S@@+]([O-])C(C)(C)C)(C(=O)O)c1ccc2ncc(Br)cc2c1. The van der Waals surface area contributed by atoms with Crippen molar-refractivity contribution in [1.82, 2.24) is 9.71 Å². The van der Waals surface area contributed by atoms with Crippen LogP contribution in [-0.2, 0) is 21.7 Å². The van der Waals surface area contributed by atoms with Crippen molar-refractivity contribution in [2.24, 2.45) is 5.41 Å². The predicted octanol–water partition coefficient (Wildman–Crippen LogP) is 4.77. The van der Waals surface area contributed by atoms with Crippen molar-refractivity contribution in [3.63, 3.8) is 0 Å². The van der Waals surface area contributed by atoms with Gasteiger partial charge in [-0.15, -0.1) is 4.72 Å². The van der Waals surface area contributed by atoms with Crippen molar-refractivity contribution < 1.29 is 14.5 Å². The number of benzene rings is 1. The highest BCUT2D eigenvalue weighted by atomic mass is 79.9. The summed E-state index contributed by atoms with van der Waals surface area (Å²) in [6.07, 6.45) is 1.98. The molecule has 0 amide bonds. The molecule has 0 saturated carbocycles. The Labute approximate surface area is 172 Å². The highest BCUT2D eigenvalue weighted by molar-refractivity contribution is 9.10. The van der Waals surface area contributed by atoms with Crippen LogP contribution < -0.4 is 4.72 Å². The Hall–Kier alpha value is -1.15. The molecule has 2 rings (SSSR count). The summed E-state index contributed by atoms with van der Waals surface area (Å²) in [5.41, 5.74) is -0.450. The van der Waals surface area contributed by atoms with Gasteiger partial charge in [0.1, 0.15) is 4.75 Å². The van der Waals surface area contributed by atoms with E-state index < -0.39 is 27.6 Å². The molecule has 1 aromatic heterocycles. The Kier molecular flexibility index (Phi) is 6.31. The molecule has 0 aliphatic heterocycles. The molecule has 1 heterocycles. The fourth-order valence-electron chi connectivity index (χ4n) is 2.92. The number of pyridine rings is 1. The van der Waals surface area contributed by atoms with Gasteiger partial charge in [-0.1, -0.05) is 26.8 Å². The van der Waals surface area contributed by atoms with Crippen LogP contribution in [0.25, 0.3) is 10.9 Å². The van der Waals surface area contributed by atoms with Crippen molar-refractivity contribution in [2.75, 3.05) is 0 Å². The van der Waals surface area contributed by atoms with E-state index >= 15 is 0 Å². The molecule has 1 unspecified atom stereocenters. The topological polar surface area (TPSA) is 85.3 Å². The number of nitrogens with one attached hydrogen (secondary N) is 1.